The van der Waals surface area contributed by atoms with Crippen LogP contribution in [0, 0.1) is 11.8 Å². The summed E-state index contributed by atoms with van der Waals surface area (Å²) in [5.41, 5.74) is 5.83. The lowest BCUT2D eigenvalue weighted by Gasteiger charge is -2.24. The minimum Gasteiger partial charge on any atom is -0.103 e. The van der Waals surface area contributed by atoms with Crippen LogP contribution in [0.5, 0.6) is 0 Å². The fraction of sp³-hybridized carbons (Fsp3) is 0.286. The molecule has 107 valence electrons. The van der Waals surface area contributed by atoms with Crippen LogP contribution in [0.1, 0.15) is 43.7 Å². The molecule has 2 aromatic carbocycles. The van der Waals surface area contributed by atoms with E-state index in [1.807, 2.05) is 0 Å². The van der Waals surface area contributed by atoms with Crippen molar-refractivity contribution in [2.45, 2.75) is 32.6 Å². The standard InChI is InChI=1S/C21H23/c1-4-9-16(15(2)3)14-21-19-12-7-5-10-17(19)18-11-6-8-13-20(18)21/h4-8,10-13,16,21H,1,9,14H2,2-3H3/t16-/m0/s1. The van der Waals surface area contributed by atoms with Crippen LogP contribution in [0.3, 0.4) is 0 Å². The summed E-state index contributed by atoms with van der Waals surface area (Å²) in [6.07, 6.45) is 4.32. The molecule has 0 heteroatoms. The first-order valence-corrected chi connectivity index (χ1v) is 7.81. The van der Waals surface area contributed by atoms with Gasteiger partial charge in [0.25, 0.3) is 0 Å². The van der Waals surface area contributed by atoms with Crippen LogP contribution >= 0.6 is 0 Å². The summed E-state index contributed by atoms with van der Waals surface area (Å²) in [7, 11) is 0. The van der Waals surface area contributed by atoms with Gasteiger partial charge in [0.2, 0.25) is 0 Å². The monoisotopic (exact) mass is 275 g/mol. The average molecular weight is 275 g/mol. The van der Waals surface area contributed by atoms with Gasteiger partial charge in [-0.2, -0.15) is 0 Å². The van der Waals surface area contributed by atoms with Gasteiger partial charge in [-0.25, -0.2) is 0 Å². The van der Waals surface area contributed by atoms with Crippen molar-refractivity contribution in [3.63, 3.8) is 0 Å². The number of benzene rings is 2. The highest BCUT2D eigenvalue weighted by molar-refractivity contribution is 5.78. The van der Waals surface area contributed by atoms with Gasteiger partial charge in [0.05, 0.1) is 0 Å². The van der Waals surface area contributed by atoms with Crippen molar-refractivity contribution >= 4 is 0 Å². The molecule has 0 amide bonds. The lowest BCUT2D eigenvalue weighted by molar-refractivity contribution is 0.484. The Morgan fingerprint density at radius 3 is 2.00 bits per heavy atom. The maximum Gasteiger partial charge on any atom is 0.0105 e. The molecule has 0 aromatic heterocycles. The number of hydrogen-bond donors (Lipinski definition) is 0. The third kappa shape index (κ3) is 2.55. The molecule has 0 saturated carbocycles. The summed E-state index contributed by atoms with van der Waals surface area (Å²) in [5, 5.41) is 0. The molecule has 0 bridgehead atoms. The zero-order chi connectivity index (χ0) is 14.8. The van der Waals surface area contributed by atoms with E-state index in [1.54, 1.807) is 0 Å². The van der Waals surface area contributed by atoms with Crippen LogP contribution in [0.25, 0.3) is 11.1 Å². The zero-order valence-corrected chi connectivity index (χ0v) is 13.0. The van der Waals surface area contributed by atoms with E-state index in [0.29, 0.717) is 11.8 Å². The van der Waals surface area contributed by atoms with Crippen LogP contribution in [-0.2, 0) is 0 Å². The Hall–Kier alpha value is -1.82. The minimum absolute atomic E-state index is 0.525. The highest BCUT2D eigenvalue weighted by Gasteiger charge is 2.30. The maximum atomic E-state index is 3.93. The molecular weight excluding hydrogens is 252 g/mol. The van der Waals surface area contributed by atoms with Crippen LogP contribution in [0.15, 0.2) is 61.2 Å². The average Bonchev–Trinajstić information content (AvgIpc) is 2.81. The molecule has 0 spiro atoms. The third-order valence-corrected chi connectivity index (χ3v) is 4.75. The fourth-order valence-corrected chi connectivity index (χ4v) is 3.57. The summed E-state index contributed by atoms with van der Waals surface area (Å²) < 4.78 is 0. The van der Waals surface area contributed by atoms with E-state index in [4.69, 9.17) is 0 Å². The van der Waals surface area contributed by atoms with Crippen LogP contribution < -0.4 is 0 Å². The summed E-state index contributed by atoms with van der Waals surface area (Å²) in [6.45, 7) is 8.43. The molecular formula is C21H23. The summed E-state index contributed by atoms with van der Waals surface area (Å²) in [4.78, 5) is 0. The maximum absolute atomic E-state index is 3.93. The van der Waals surface area contributed by atoms with Gasteiger partial charge in [-0.3, -0.25) is 0 Å². The van der Waals surface area contributed by atoms with Gasteiger partial charge in [-0.1, -0.05) is 68.5 Å². The summed E-state index contributed by atoms with van der Waals surface area (Å²) >= 11 is 0. The molecule has 21 heavy (non-hydrogen) atoms. The molecule has 2 aromatic rings. The smallest absolute Gasteiger partial charge is 0.0105 e. The van der Waals surface area contributed by atoms with Crippen molar-refractivity contribution in [2.24, 2.45) is 5.92 Å². The first-order valence-electron chi connectivity index (χ1n) is 7.81. The zero-order valence-electron chi connectivity index (χ0n) is 13.0. The first-order chi connectivity index (χ1) is 10.2. The molecule has 0 nitrogen and oxygen atoms in total. The van der Waals surface area contributed by atoms with Crippen molar-refractivity contribution in [1.29, 1.82) is 0 Å². The SMILES string of the molecule is C=CC[C@@H](CC1c2ccccc2-c2ccccc21)[C](C)C. The second kappa shape index (κ2) is 5.89. The largest absolute Gasteiger partial charge is 0.103 e. The molecule has 1 atom stereocenters. The van der Waals surface area contributed by atoms with E-state index in [2.05, 4.69) is 75.0 Å². The second-order valence-corrected chi connectivity index (χ2v) is 6.26. The normalized spacial score (nSPS) is 14.8. The van der Waals surface area contributed by atoms with E-state index in [9.17, 15) is 0 Å². The number of hydrogen-bond acceptors (Lipinski definition) is 0. The number of allylic oxidation sites excluding steroid dienone is 1. The minimum atomic E-state index is 0.525. The number of rotatable bonds is 5. The molecule has 0 saturated heterocycles. The lowest BCUT2D eigenvalue weighted by Crippen LogP contribution is -2.11. The van der Waals surface area contributed by atoms with Gasteiger partial charge in [-0.15, -0.1) is 6.58 Å². The van der Waals surface area contributed by atoms with Gasteiger partial charge >= 0.3 is 0 Å². The summed E-state index contributed by atoms with van der Waals surface area (Å²) in [5.74, 6) is 2.65. The van der Waals surface area contributed by atoms with Gasteiger partial charge in [0.15, 0.2) is 0 Å². The predicted molar refractivity (Wildman–Crippen MR) is 91.2 cm³/mol. The Balaban J connectivity index is 2.00. The van der Waals surface area contributed by atoms with E-state index < -0.39 is 0 Å². The molecule has 1 radical (unpaired) electrons. The highest BCUT2D eigenvalue weighted by atomic mass is 14.3. The topological polar surface area (TPSA) is 0 Å². The Bertz CT molecular complexity index is 590. The molecule has 0 N–H and O–H groups in total. The highest BCUT2D eigenvalue weighted by Crippen LogP contribution is 2.48. The van der Waals surface area contributed by atoms with Crippen LogP contribution in [0.2, 0.25) is 0 Å². The Kier molecular flexibility index (Phi) is 3.96. The number of fused-ring (bicyclic) bond motifs is 3. The Labute approximate surface area is 128 Å². The van der Waals surface area contributed by atoms with Gasteiger partial charge < -0.3 is 0 Å². The van der Waals surface area contributed by atoms with E-state index >= 15 is 0 Å². The van der Waals surface area contributed by atoms with Crippen LogP contribution in [0.4, 0.5) is 0 Å². The van der Waals surface area contributed by atoms with Crippen molar-refractivity contribution < 1.29 is 0 Å². The first kappa shape index (κ1) is 14.1. The third-order valence-electron chi connectivity index (χ3n) is 4.75. The molecule has 0 heterocycles. The fourth-order valence-electron chi connectivity index (χ4n) is 3.57. The van der Waals surface area contributed by atoms with E-state index in [1.165, 1.54) is 34.6 Å². The molecule has 1 aliphatic rings. The van der Waals surface area contributed by atoms with Crippen molar-refractivity contribution in [2.75, 3.05) is 0 Å². The molecule has 0 unspecified atom stereocenters. The molecule has 1 aliphatic carbocycles. The van der Waals surface area contributed by atoms with Gasteiger partial charge in [0.1, 0.15) is 0 Å². The lowest BCUT2D eigenvalue weighted by atomic mass is 9.80. The van der Waals surface area contributed by atoms with Crippen LogP contribution in [-0.4, -0.2) is 0 Å². The van der Waals surface area contributed by atoms with Crippen molar-refractivity contribution in [1.82, 2.24) is 0 Å². The van der Waals surface area contributed by atoms with Crippen molar-refractivity contribution in [3.05, 3.63) is 78.2 Å². The molecule has 0 aliphatic heterocycles. The molecule has 3 rings (SSSR count). The quantitative estimate of drug-likeness (QED) is 0.587. The second-order valence-electron chi connectivity index (χ2n) is 6.26. The summed E-state index contributed by atoms with van der Waals surface area (Å²) in [6, 6.07) is 17.8. The Morgan fingerprint density at radius 2 is 1.52 bits per heavy atom. The Morgan fingerprint density at radius 1 is 1.00 bits per heavy atom. The van der Waals surface area contributed by atoms with E-state index in [-0.39, 0.29) is 0 Å². The predicted octanol–water partition coefficient (Wildman–Crippen LogP) is 6.00. The van der Waals surface area contributed by atoms with Crippen molar-refractivity contribution in [3.8, 4) is 11.1 Å². The van der Waals surface area contributed by atoms with Gasteiger partial charge in [-0.05, 0) is 46.9 Å². The van der Waals surface area contributed by atoms with E-state index in [0.717, 1.165) is 6.42 Å². The van der Waals surface area contributed by atoms with Gasteiger partial charge in [0, 0.05) is 5.92 Å². The molecule has 0 fully saturated rings.